The average molecular weight is 710 g/mol. The number of fused-ring (bicyclic) bond motifs is 1. The zero-order chi connectivity index (χ0) is 36.6. The van der Waals surface area contributed by atoms with Gasteiger partial charge in [-0.1, -0.05) is 51.0 Å². The van der Waals surface area contributed by atoms with Crippen LogP contribution in [-0.2, 0) is 33.9 Å². The lowest BCUT2D eigenvalue weighted by Crippen LogP contribution is -2.48. The number of sulfonamides is 1. The van der Waals surface area contributed by atoms with E-state index >= 15 is 0 Å². The molecule has 0 unspecified atom stereocenters. The number of carbonyl (C=O) groups excluding carboxylic acids is 4. The molecular formula is C38H51N3O8S. The number of allylic oxidation sites excluding steroid dienone is 1. The highest BCUT2D eigenvalue weighted by Crippen LogP contribution is 2.57. The van der Waals surface area contributed by atoms with Gasteiger partial charge in [0.05, 0.1) is 35.3 Å². The predicted molar refractivity (Wildman–Crippen MR) is 190 cm³/mol. The van der Waals surface area contributed by atoms with Gasteiger partial charge in [-0.05, 0) is 62.0 Å². The molecule has 1 aliphatic heterocycles. The number of hydrogen-bond acceptors (Lipinski definition) is 9. The first-order valence-corrected chi connectivity index (χ1v) is 19.2. The third kappa shape index (κ3) is 8.12. The molecule has 2 saturated carbocycles. The van der Waals surface area contributed by atoms with E-state index in [0.717, 1.165) is 22.8 Å². The highest BCUT2D eigenvalue weighted by atomic mass is 32.2. The molecule has 6 atom stereocenters. The molecule has 0 bridgehead atoms. The largest absolute Gasteiger partial charge is 0.472 e. The third-order valence-electron chi connectivity index (χ3n) is 11.0. The summed E-state index contributed by atoms with van der Waals surface area (Å²) in [6.07, 6.45) is 4.17. The van der Waals surface area contributed by atoms with Crippen molar-refractivity contribution in [2.24, 2.45) is 22.7 Å². The molecule has 1 aromatic heterocycles. The molecule has 12 heteroatoms. The highest BCUT2D eigenvalue weighted by molar-refractivity contribution is 7.90. The minimum absolute atomic E-state index is 0.0473. The maximum atomic E-state index is 14.5. The Balaban J connectivity index is 1.43. The summed E-state index contributed by atoms with van der Waals surface area (Å²) in [7, 11) is -2.35. The first-order valence-electron chi connectivity index (χ1n) is 17.6. The van der Waals surface area contributed by atoms with Crippen LogP contribution < -0.4 is 9.46 Å². The molecule has 50 heavy (non-hydrogen) atoms. The van der Waals surface area contributed by atoms with Crippen LogP contribution in [0.15, 0.2) is 43.1 Å². The molecule has 5 rings (SSSR count). The van der Waals surface area contributed by atoms with Crippen LogP contribution >= 0.6 is 0 Å². The normalized spacial score (nSPS) is 24.8. The van der Waals surface area contributed by atoms with Crippen LogP contribution in [0, 0.1) is 29.6 Å². The van der Waals surface area contributed by atoms with Gasteiger partial charge in [0.2, 0.25) is 27.7 Å². The molecule has 2 aliphatic carbocycles. The van der Waals surface area contributed by atoms with Gasteiger partial charge in [0, 0.05) is 44.4 Å². The number of hydrogen-bond donors (Lipinski definition) is 1. The number of carbonyl (C=O) groups is 4. The summed E-state index contributed by atoms with van der Waals surface area (Å²) in [4.78, 5) is 61.6. The lowest BCUT2D eigenvalue weighted by molar-refractivity contribution is -0.147. The van der Waals surface area contributed by atoms with E-state index in [-0.39, 0.29) is 55.1 Å². The number of pyridine rings is 1. The summed E-state index contributed by atoms with van der Waals surface area (Å²) >= 11 is 0. The molecule has 1 aromatic carbocycles. The number of amides is 2. The highest BCUT2D eigenvalue weighted by Gasteiger charge is 2.61. The SMILES string of the molecule is C=C[C@@H]1C[C@]1(CC(=O)[C@@H]1C[C@@H](Oc2nccc3cc(C)ccc23)CN1C(=O)[C@@H](CC(=O)CC(C)(C)CC)[C@H](C)OC)C(=O)NS(=O)(=O)C1CC1. The fourth-order valence-corrected chi connectivity index (χ4v) is 8.45. The zero-order valence-electron chi connectivity index (χ0n) is 30.1. The topological polar surface area (TPSA) is 149 Å². The fourth-order valence-electron chi connectivity index (χ4n) is 7.07. The molecule has 2 amide bonds. The quantitative estimate of drug-likeness (QED) is 0.222. The number of ether oxygens (including phenoxy) is 2. The summed E-state index contributed by atoms with van der Waals surface area (Å²) in [5.74, 6) is -2.42. The number of likely N-dealkylation sites (tertiary alicyclic amines) is 1. The van der Waals surface area contributed by atoms with Gasteiger partial charge >= 0.3 is 0 Å². The smallest absolute Gasteiger partial charge is 0.240 e. The second-order valence-corrected chi connectivity index (χ2v) is 17.3. The number of rotatable bonds is 17. The molecule has 11 nitrogen and oxygen atoms in total. The van der Waals surface area contributed by atoms with Crippen LogP contribution in [0.5, 0.6) is 5.88 Å². The van der Waals surface area contributed by atoms with Crippen molar-refractivity contribution in [1.29, 1.82) is 0 Å². The van der Waals surface area contributed by atoms with Crippen molar-refractivity contribution >= 4 is 44.2 Å². The van der Waals surface area contributed by atoms with E-state index in [1.807, 2.05) is 52.0 Å². The Labute approximate surface area is 295 Å². The van der Waals surface area contributed by atoms with Crippen molar-refractivity contribution in [2.75, 3.05) is 13.7 Å². The first-order chi connectivity index (χ1) is 23.5. The van der Waals surface area contributed by atoms with Crippen molar-refractivity contribution in [3.05, 3.63) is 48.7 Å². The third-order valence-corrected chi connectivity index (χ3v) is 12.8. The van der Waals surface area contributed by atoms with Gasteiger partial charge in [-0.15, -0.1) is 6.58 Å². The Hall–Kier alpha value is -3.64. The molecule has 2 aromatic rings. The lowest BCUT2D eigenvalue weighted by atomic mass is 9.82. The number of nitrogens with one attached hydrogen (secondary N) is 1. The summed E-state index contributed by atoms with van der Waals surface area (Å²) < 4.78 is 39.6. The van der Waals surface area contributed by atoms with Crippen LogP contribution in [0.3, 0.4) is 0 Å². The maximum Gasteiger partial charge on any atom is 0.240 e. The monoisotopic (exact) mass is 709 g/mol. The average Bonchev–Trinajstić information content (AvgIpc) is 3.99. The molecule has 0 radical (unpaired) electrons. The zero-order valence-corrected chi connectivity index (χ0v) is 30.9. The minimum Gasteiger partial charge on any atom is -0.472 e. The van der Waals surface area contributed by atoms with Crippen molar-refractivity contribution in [3.8, 4) is 5.88 Å². The predicted octanol–water partition coefficient (Wildman–Crippen LogP) is 5.09. The molecule has 272 valence electrons. The van der Waals surface area contributed by atoms with Crippen LogP contribution in [0.1, 0.15) is 84.6 Å². The van der Waals surface area contributed by atoms with E-state index < -0.39 is 56.7 Å². The van der Waals surface area contributed by atoms with E-state index in [2.05, 4.69) is 16.3 Å². The number of methoxy groups -OCH3 is 1. The fraction of sp³-hybridized carbons (Fsp3) is 0.605. The summed E-state index contributed by atoms with van der Waals surface area (Å²) in [6, 6.07) is 6.82. The minimum atomic E-state index is -3.84. The molecule has 3 fully saturated rings. The molecular weight excluding hydrogens is 658 g/mol. The van der Waals surface area contributed by atoms with Crippen LogP contribution in [0.4, 0.5) is 0 Å². The van der Waals surface area contributed by atoms with Gasteiger partial charge in [-0.25, -0.2) is 13.4 Å². The Morgan fingerprint density at radius 1 is 1.20 bits per heavy atom. The van der Waals surface area contributed by atoms with Gasteiger partial charge in [0.15, 0.2) is 5.78 Å². The van der Waals surface area contributed by atoms with Crippen molar-refractivity contribution in [3.63, 3.8) is 0 Å². The van der Waals surface area contributed by atoms with Crippen molar-refractivity contribution < 1.29 is 37.1 Å². The van der Waals surface area contributed by atoms with E-state index in [4.69, 9.17) is 9.47 Å². The standard InChI is InChI=1S/C38H51N3O8S/c1-8-26-19-38(26,36(45)40-50(46,47)29-11-12-29)21-33(43)32-18-28(49-34-30-13-10-23(3)16-25(30)14-15-39-34)22-41(32)35(44)31(24(4)48-7)17-27(42)20-37(5,6)9-2/h8,10,13-16,24,26,28-29,31-32H,1,9,11-12,17-22H2,2-7H3,(H,40,45)/t24-,26+,28+,31-,32-,38+/m0/s1. The Morgan fingerprint density at radius 2 is 1.92 bits per heavy atom. The Bertz CT molecular complexity index is 1770. The van der Waals surface area contributed by atoms with E-state index in [0.29, 0.717) is 25.1 Å². The number of aryl methyl sites for hydroxylation is 1. The van der Waals surface area contributed by atoms with Crippen LogP contribution in [-0.4, -0.2) is 78.8 Å². The summed E-state index contributed by atoms with van der Waals surface area (Å²) in [5.41, 5.74) is -0.428. The van der Waals surface area contributed by atoms with Crippen molar-refractivity contribution in [2.45, 2.75) is 109 Å². The van der Waals surface area contributed by atoms with E-state index in [1.54, 1.807) is 19.2 Å². The van der Waals surface area contributed by atoms with E-state index in [9.17, 15) is 27.6 Å². The summed E-state index contributed by atoms with van der Waals surface area (Å²) in [6.45, 7) is 13.6. The Morgan fingerprint density at radius 3 is 2.54 bits per heavy atom. The Kier molecular flexibility index (Phi) is 10.9. The number of benzene rings is 1. The van der Waals surface area contributed by atoms with E-state index in [1.165, 1.54) is 12.0 Å². The van der Waals surface area contributed by atoms with Crippen LogP contribution in [0.25, 0.3) is 10.8 Å². The van der Waals surface area contributed by atoms with Gasteiger partial charge in [-0.3, -0.25) is 23.9 Å². The van der Waals surface area contributed by atoms with Gasteiger partial charge in [0.25, 0.3) is 0 Å². The molecule has 1 N–H and O–H groups in total. The molecule has 2 heterocycles. The van der Waals surface area contributed by atoms with Gasteiger partial charge < -0.3 is 14.4 Å². The number of Topliss-reactive ketones (excluding diaryl/α,β-unsaturated/α-hetero) is 2. The van der Waals surface area contributed by atoms with Crippen molar-refractivity contribution in [1.82, 2.24) is 14.6 Å². The second kappa shape index (κ2) is 14.5. The van der Waals surface area contributed by atoms with Gasteiger partial charge in [-0.2, -0.15) is 0 Å². The maximum absolute atomic E-state index is 14.5. The number of aromatic nitrogens is 1. The first kappa shape index (κ1) is 37.6. The summed E-state index contributed by atoms with van der Waals surface area (Å²) in [5, 5.41) is 1.13. The molecule has 0 spiro atoms. The number of ketones is 2. The van der Waals surface area contributed by atoms with Crippen LogP contribution in [0.2, 0.25) is 0 Å². The lowest BCUT2D eigenvalue weighted by Gasteiger charge is -2.31. The van der Waals surface area contributed by atoms with Gasteiger partial charge in [0.1, 0.15) is 11.9 Å². The molecule has 1 saturated heterocycles. The number of nitrogens with zero attached hydrogens (tertiary/aromatic N) is 2. The second-order valence-electron chi connectivity index (χ2n) is 15.3. The molecule has 3 aliphatic rings.